The number of ether oxygens (including phenoxy) is 1. The number of rotatable bonds is 7. The van der Waals surface area contributed by atoms with Gasteiger partial charge in [0, 0.05) is 17.8 Å². The molecule has 3 rings (SSSR count). The number of non-ortho nitro benzene ring substituents is 1. The van der Waals surface area contributed by atoms with Crippen LogP contribution >= 0.6 is 0 Å². The van der Waals surface area contributed by atoms with Gasteiger partial charge in [0.15, 0.2) is 0 Å². The molecule has 0 fully saturated rings. The van der Waals surface area contributed by atoms with Crippen LogP contribution in [0.5, 0.6) is 11.5 Å². The molecule has 0 unspecified atom stereocenters. The molecule has 0 saturated heterocycles. The molecule has 0 amide bonds. The minimum atomic E-state index is -3.68. The van der Waals surface area contributed by atoms with Crippen LogP contribution in [0.25, 0.3) is 0 Å². The van der Waals surface area contributed by atoms with Crippen molar-refractivity contribution in [2.75, 3.05) is 4.72 Å². The standard InChI is InChI=1S/C20H18N2O5S/c1-2-15-3-13-20(14-4-15)28(25,26)21-16-5-9-18(10-6-16)27-19-11-7-17(8-12-19)22(23)24/h3-14,21H,2H2,1H3. The molecule has 0 aliphatic heterocycles. The van der Waals surface area contributed by atoms with Gasteiger partial charge >= 0.3 is 0 Å². The number of hydrogen-bond acceptors (Lipinski definition) is 5. The Kier molecular flexibility index (Phi) is 5.60. The lowest BCUT2D eigenvalue weighted by atomic mass is 10.2. The molecule has 7 nitrogen and oxygen atoms in total. The number of nitro groups is 1. The topological polar surface area (TPSA) is 98.5 Å². The van der Waals surface area contributed by atoms with Crippen molar-refractivity contribution in [3.05, 3.63) is 88.5 Å². The molecule has 8 heteroatoms. The zero-order valence-electron chi connectivity index (χ0n) is 15.0. The minimum Gasteiger partial charge on any atom is -0.457 e. The van der Waals surface area contributed by atoms with Gasteiger partial charge in [0.1, 0.15) is 11.5 Å². The zero-order valence-corrected chi connectivity index (χ0v) is 15.8. The van der Waals surface area contributed by atoms with Gasteiger partial charge in [0.25, 0.3) is 15.7 Å². The molecule has 0 aliphatic rings. The second kappa shape index (κ2) is 8.10. The van der Waals surface area contributed by atoms with Gasteiger partial charge in [0.05, 0.1) is 9.82 Å². The molecule has 0 aliphatic carbocycles. The van der Waals surface area contributed by atoms with Gasteiger partial charge in [0.2, 0.25) is 0 Å². The maximum absolute atomic E-state index is 12.5. The summed E-state index contributed by atoms with van der Waals surface area (Å²) >= 11 is 0. The van der Waals surface area contributed by atoms with Gasteiger partial charge in [-0.1, -0.05) is 19.1 Å². The minimum absolute atomic E-state index is 0.0240. The Labute approximate surface area is 162 Å². The van der Waals surface area contributed by atoms with Gasteiger partial charge in [-0.3, -0.25) is 14.8 Å². The first-order valence-corrected chi connectivity index (χ1v) is 10.00. The summed E-state index contributed by atoms with van der Waals surface area (Å²) < 4.78 is 33.1. The molecule has 3 aromatic carbocycles. The molecule has 1 N–H and O–H groups in total. The van der Waals surface area contributed by atoms with Gasteiger partial charge in [-0.2, -0.15) is 0 Å². The molecule has 144 valence electrons. The molecule has 28 heavy (non-hydrogen) atoms. The van der Waals surface area contributed by atoms with E-state index in [4.69, 9.17) is 4.74 Å². The maximum Gasteiger partial charge on any atom is 0.269 e. The molecule has 0 radical (unpaired) electrons. The highest BCUT2D eigenvalue weighted by Gasteiger charge is 2.14. The fourth-order valence-electron chi connectivity index (χ4n) is 2.48. The van der Waals surface area contributed by atoms with E-state index in [1.165, 1.54) is 24.3 Å². The Morgan fingerprint density at radius 1 is 0.893 bits per heavy atom. The van der Waals surface area contributed by atoms with Crippen molar-refractivity contribution in [2.24, 2.45) is 0 Å². The SMILES string of the molecule is CCc1ccc(S(=O)(=O)Nc2ccc(Oc3ccc([N+](=O)[O-])cc3)cc2)cc1. The Morgan fingerprint density at radius 3 is 1.93 bits per heavy atom. The Hall–Kier alpha value is -3.39. The van der Waals surface area contributed by atoms with Crippen LogP contribution in [0, 0.1) is 10.1 Å². The zero-order chi connectivity index (χ0) is 20.1. The Morgan fingerprint density at radius 2 is 1.43 bits per heavy atom. The lowest BCUT2D eigenvalue weighted by Gasteiger charge is -2.10. The van der Waals surface area contributed by atoms with Crippen molar-refractivity contribution in [1.29, 1.82) is 0 Å². The van der Waals surface area contributed by atoms with Crippen LogP contribution in [0.15, 0.2) is 77.7 Å². The van der Waals surface area contributed by atoms with Crippen molar-refractivity contribution < 1.29 is 18.1 Å². The van der Waals surface area contributed by atoms with E-state index in [-0.39, 0.29) is 10.6 Å². The predicted octanol–water partition coefficient (Wildman–Crippen LogP) is 4.75. The number of sulfonamides is 1. The average molecular weight is 398 g/mol. The van der Waals surface area contributed by atoms with E-state index in [0.717, 1.165) is 12.0 Å². The van der Waals surface area contributed by atoms with Crippen LogP contribution in [0.4, 0.5) is 11.4 Å². The number of hydrogen-bond donors (Lipinski definition) is 1. The number of aryl methyl sites for hydroxylation is 1. The molecule has 0 heterocycles. The number of nitrogens with zero attached hydrogens (tertiary/aromatic N) is 1. The summed E-state index contributed by atoms with van der Waals surface area (Å²) in [4.78, 5) is 10.4. The third-order valence-electron chi connectivity index (χ3n) is 4.03. The van der Waals surface area contributed by atoms with E-state index in [1.54, 1.807) is 48.5 Å². The molecular formula is C20H18N2O5S. The van der Waals surface area contributed by atoms with Crippen molar-refractivity contribution in [2.45, 2.75) is 18.2 Å². The second-order valence-corrected chi connectivity index (χ2v) is 7.66. The van der Waals surface area contributed by atoms with Crippen LogP contribution in [-0.2, 0) is 16.4 Å². The largest absolute Gasteiger partial charge is 0.457 e. The van der Waals surface area contributed by atoms with E-state index in [9.17, 15) is 18.5 Å². The fraction of sp³-hybridized carbons (Fsp3) is 0.100. The molecular weight excluding hydrogens is 380 g/mol. The molecule has 3 aromatic rings. The number of anilines is 1. The van der Waals surface area contributed by atoms with Gasteiger partial charge < -0.3 is 4.74 Å². The van der Waals surface area contributed by atoms with Gasteiger partial charge in [-0.25, -0.2) is 8.42 Å². The highest BCUT2D eigenvalue weighted by atomic mass is 32.2. The third kappa shape index (κ3) is 4.66. The average Bonchev–Trinajstić information content (AvgIpc) is 2.70. The van der Waals surface area contributed by atoms with E-state index >= 15 is 0 Å². The first kappa shape index (κ1) is 19.4. The highest BCUT2D eigenvalue weighted by Crippen LogP contribution is 2.26. The number of benzene rings is 3. The quantitative estimate of drug-likeness (QED) is 0.457. The van der Waals surface area contributed by atoms with Crippen LogP contribution in [0.2, 0.25) is 0 Å². The van der Waals surface area contributed by atoms with Gasteiger partial charge in [-0.05, 0) is 60.5 Å². The first-order chi connectivity index (χ1) is 13.4. The first-order valence-electron chi connectivity index (χ1n) is 8.51. The number of nitrogens with one attached hydrogen (secondary N) is 1. The molecule has 0 spiro atoms. The lowest BCUT2D eigenvalue weighted by Crippen LogP contribution is -2.12. The van der Waals surface area contributed by atoms with Crippen LogP contribution in [-0.4, -0.2) is 13.3 Å². The number of nitro benzene ring substituents is 1. The summed E-state index contributed by atoms with van der Waals surface area (Å²) in [5.41, 5.74) is 1.44. The maximum atomic E-state index is 12.5. The second-order valence-electron chi connectivity index (χ2n) is 5.98. The molecule has 0 saturated carbocycles. The summed E-state index contributed by atoms with van der Waals surface area (Å²) in [6.45, 7) is 2.00. The van der Waals surface area contributed by atoms with Crippen LogP contribution in [0.1, 0.15) is 12.5 Å². The summed E-state index contributed by atoms with van der Waals surface area (Å²) in [7, 11) is -3.68. The van der Waals surface area contributed by atoms with E-state index in [2.05, 4.69) is 4.72 Å². The lowest BCUT2D eigenvalue weighted by molar-refractivity contribution is -0.384. The van der Waals surface area contributed by atoms with Crippen molar-refractivity contribution in [3.63, 3.8) is 0 Å². The van der Waals surface area contributed by atoms with Crippen molar-refractivity contribution in [1.82, 2.24) is 0 Å². The van der Waals surface area contributed by atoms with E-state index < -0.39 is 14.9 Å². The third-order valence-corrected chi connectivity index (χ3v) is 5.43. The Balaban J connectivity index is 1.68. The highest BCUT2D eigenvalue weighted by molar-refractivity contribution is 7.92. The van der Waals surface area contributed by atoms with E-state index in [0.29, 0.717) is 17.2 Å². The summed E-state index contributed by atoms with van der Waals surface area (Å²) in [6, 6.07) is 18.8. The molecule has 0 bridgehead atoms. The van der Waals surface area contributed by atoms with Gasteiger partial charge in [-0.15, -0.1) is 0 Å². The monoisotopic (exact) mass is 398 g/mol. The van der Waals surface area contributed by atoms with E-state index in [1.807, 2.05) is 6.92 Å². The summed E-state index contributed by atoms with van der Waals surface area (Å²) in [5.74, 6) is 0.916. The molecule has 0 aromatic heterocycles. The van der Waals surface area contributed by atoms with Crippen LogP contribution < -0.4 is 9.46 Å². The molecule has 0 atom stereocenters. The Bertz CT molecular complexity index is 1060. The smallest absolute Gasteiger partial charge is 0.269 e. The van der Waals surface area contributed by atoms with Crippen molar-refractivity contribution in [3.8, 4) is 11.5 Å². The normalized spacial score (nSPS) is 11.0. The summed E-state index contributed by atoms with van der Waals surface area (Å²) in [6.07, 6.45) is 0.837. The van der Waals surface area contributed by atoms with Crippen molar-refractivity contribution >= 4 is 21.4 Å². The fourth-order valence-corrected chi connectivity index (χ4v) is 3.54. The summed E-state index contributed by atoms with van der Waals surface area (Å²) in [5, 5.41) is 10.7. The predicted molar refractivity (Wildman–Crippen MR) is 106 cm³/mol. The van der Waals surface area contributed by atoms with Crippen LogP contribution in [0.3, 0.4) is 0 Å².